The minimum Gasteiger partial charge on any atom is -0.454 e. The van der Waals surface area contributed by atoms with E-state index in [9.17, 15) is 4.79 Å². The van der Waals surface area contributed by atoms with E-state index in [2.05, 4.69) is 41.2 Å². The zero-order chi connectivity index (χ0) is 21.0. The van der Waals surface area contributed by atoms with Crippen LogP contribution in [-0.4, -0.2) is 22.5 Å². The van der Waals surface area contributed by atoms with Crippen LogP contribution in [0.3, 0.4) is 0 Å². The Morgan fingerprint density at radius 1 is 1.10 bits per heavy atom. The first-order valence-electron chi connectivity index (χ1n) is 10.6. The van der Waals surface area contributed by atoms with E-state index < -0.39 is 5.41 Å². The van der Waals surface area contributed by atoms with Gasteiger partial charge in [0, 0.05) is 31.2 Å². The maximum absolute atomic E-state index is 13.4. The largest absolute Gasteiger partial charge is 0.454 e. The van der Waals surface area contributed by atoms with Crippen LogP contribution in [-0.2, 0) is 16.6 Å². The molecule has 156 valence electrons. The molecule has 5 heteroatoms. The number of fused-ring (bicyclic) bond motifs is 2. The van der Waals surface area contributed by atoms with Gasteiger partial charge >= 0.3 is 0 Å². The second kappa shape index (κ2) is 6.71. The predicted octanol–water partition coefficient (Wildman–Crippen LogP) is 5.36. The summed E-state index contributed by atoms with van der Waals surface area (Å²) in [7, 11) is 0. The highest BCUT2D eigenvalue weighted by molar-refractivity contribution is 5.95. The molecule has 3 heterocycles. The van der Waals surface area contributed by atoms with Crippen molar-refractivity contribution in [1.82, 2.24) is 9.97 Å². The highest BCUT2D eigenvalue weighted by Gasteiger charge is 2.50. The van der Waals surface area contributed by atoms with Gasteiger partial charge in [-0.25, -0.2) is 4.98 Å². The molecular weight excluding hydrogens is 388 g/mol. The fourth-order valence-electron chi connectivity index (χ4n) is 4.58. The fourth-order valence-corrected chi connectivity index (χ4v) is 4.58. The van der Waals surface area contributed by atoms with Gasteiger partial charge in [0.05, 0.1) is 5.41 Å². The lowest BCUT2D eigenvalue weighted by atomic mass is 9.87. The molecule has 0 saturated heterocycles. The van der Waals surface area contributed by atoms with Crippen molar-refractivity contribution in [2.24, 2.45) is 0 Å². The molecule has 1 fully saturated rings. The van der Waals surface area contributed by atoms with Gasteiger partial charge < -0.3 is 14.5 Å². The Labute approximate surface area is 181 Å². The monoisotopic (exact) mass is 412 g/mol. The summed E-state index contributed by atoms with van der Waals surface area (Å²) >= 11 is 0. The number of benzene rings is 2. The number of hydrogen-bond acceptors (Lipinski definition) is 4. The van der Waals surface area contributed by atoms with Crippen molar-refractivity contribution in [3.63, 3.8) is 0 Å². The van der Waals surface area contributed by atoms with Crippen LogP contribution in [0.5, 0.6) is 11.5 Å². The van der Waals surface area contributed by atoms with Crippen molar-refractivity contribution < 1.29 is 15.7 Å². The van der Waals surface area contributed by atoms with Crippen molar-refractivity contribution in [3.8, 4) is 22.6 Å². The third-order valence-corrected chi connectivity index (χ3v) is 6.59. The number of ether oxygens (including phenoxy) is 2. The number of carbonyl (C=O) groups is 1. The Morgan fingerprint density at radius 2 is 1.97 bits per heavy atom. The van der Waals surface area contributed by atoms with Crippen LogP contribution in [0.15, 0.2) is 60.9 Å². The molecule has 0 atom stereocenters. The van der Waals surface area contributed by atoms with E-state index in [-0.39, 0.29) is 14.0 Å². The van der Waals surface area contributed by atoms with Gasteiger partial charge in [-0.05, 0) is 66.3 Å². The number of nitrogens with one attached hydrogen (secondary N) is 1. The van der Waals surface area contributed by atoms with Crippen molar-refractivity contribution >= 4 is 16.8 Å². The maximum Gasteiger partial charge on any atom is 0.231 e. The molecule has 4 aromatic rings. The van der Waals surface area contributed by atoms with Crippen LogP contribution in [0.2, 0.25) is 0 Å². The Kier molecular flexibility index (Phi) is 3.93. The summed E-state index contributed by atoms with van der Waals surface area (Å²) in [5, 5.41) is 1.08. The summed E-state index contributed by atoms with van der Waals surface area (Å²) < 4.78 is 10.9. The number of H-pyrrole nitrogens is 1. The lowest BCUT2D eigenvalue weighted by Gasteiger charge is -2.16. The molecule has 6 rings (SSSR count). The van der Waals surface area contributed by atoms with E-state index in [0.717, 1.165) is 57.6 Å². The van der Waals surface area contributed by atoms with Crippen molar-refractivity contribution in [2.45, 2.75) is 31.6 Å². The van der Waals surface area contributed by atoms with E-state index in [0.29, 0.717) is 6.42 Å². The van der Waals surface area contributed by atoms with Gasteiger partial charge in [-0.2, -0.15) is 0 Å². The molecule has 0 spiro atoms. The number of ketones is 1. The highest BCUT2D eigenvalue weighted by atomic mass is 16.7. The number of aromatic nitrogens is 2. The van der Waals surface area contributed by atoms with Crippen LogP contribution in [0.25, 0.3) is 22.2 Å². The number of hydrogen-bond donors (Lipinski definition) is 1. The molecule has 31 heavy (non-hydrogen) atoms. The first-order chi connectivity index (χ1) is 15.1. The number of aryl methyl sites for hydroxylation is 1. The Balaban J connectivity index is 0.00000216. The number of rotatable bonds is 5. The van der Waals surface area contributed by atoms with Crippen molar-refractivity contribution in [3.05, 3.63) is 77.6 Å². The highest BCUT2D eigenvalue weighted by Crippen LogP contribution is 2.51. The van der Waals surface area contributed by atoms with Crippen molar-refractivity contribution in [2.75, 3.05) is 6.79 Å². The topological polar surface area (TPSA) is 64.2 Å². The van der Waals surface area contributed by atoms with Gasteiger partial charge in [-0.1, -0.05) is 24.3 Å². The first-order valence-corrected chi connectivity index (χ1v) is 10.6. The molecule has 0 radical (unpaired) electrons. The molecular formula is C26H24N2O3. The van der Waals surface area contributed by atoms with Crippen LogP contribution in [0, 0.1) is 6.92 Å². The number of nitrogens with zero attached hydrogens (tertiary/aromatic N) is 1. The SMILES string of the molecule is Cc1ccc(CC(=O)C2(c3ccc4c(c3)OCO4)CC2)cc1-c1cnc2[nH]ccc2c1.[HH]. The van der Waals surface area contributed by atoms with Crippen LogP contribution < -0.4 is 9.47 Å². The lowest BCUT2D eigenvalue weighted by Crippen LogP contribution is -2.22. The second-order valence-electron chi connectivity index (χ2n) is 8.54. The minimum atomic E-state index is -0.391. The molecule has 1 aliphatic heterocycles. The maximum atomic E-state index is 13.4. The van der Waals surface area contributed by atoms with Gasteiger partial charge in [0.1, 0.15) is 11.4 Å². The summed E-state index contributed by atoms with van der Waals surface area (Å²) in [6.45, 7) is 2.34. The Hall–Kier alpha value is -3.60. The molecule has 2 aromatic heterocycles. The molecule has 5 nitrogen and oxygen atoms in total. The van der Waals surface area contributed by atoms with Gasteiger partial charge in [0.2, 0.25) is 6.79 Å². The first kappa shape index (κ1) is 18.2. The molecule has 0 bridgehead atoms. The van der Waals surface area contributed by atoms with Gasteiger partial charge in [-0.15, -0.1) is 0 Å². The standard InChI is InChI=1S/C26H22N2O3.H2/c1-16-2-3-17(10-21(16)19-12-18-6-9-27-25(18)28-14-19)11-24(29)26(7-8-26)20-4-5-22-23(13-20)31-15-30-22;/h2-6,9-10,12-14H,7-8,11,15H2,1H3,(H,27,28);1H. The molecule has 2 aliphatic rings. The van der Waals surface area contributed by atoms with Crippen LogP contribution in [0.1, 0.15) is 31.0 Å². The fraction of sp³-hybridized carbons (Fsp3) is 0.231. The average Bonchev–Trinajstić information content (AvgIpc) is 3.24. The lowest BCUT2D eigenvalue weighted by molar-refractivity contribution is -0.120. The number of Topliss-reactive ketones (excluding diaryl/α,β-unsaturated/α-hetero) is 1. The van der Waals surface area contributed by atoms with Gasteiger partial charge in [0.15, 0.2) is 11.5 Å². The molecule has 1 aliphatic carbocycles. The van der Waals surface area contributed by atoms with E-state index >= 15 is 0 Å². The predicted molar refractivity (Wildman–Crippen MR) is 121 cm³/mol. The van der Waals surface area contributed by atoms with Crippen molar-refractivity contribution in [1.29, 1.82) is 0 Å². The average molecular weight is 412 g/mol. The number of carbonyl (C=O) groups excluding carboxylic acids is 1. The molecule has 2 aromatic carbocycles. The molecule has 0 unspecified atom stereocenters. The normalized spacial score (nSPS) is 15.9. The third kappa shape index (κ3) is 3.00. The zero-order valence-corrected chi connectivity index (χ0v) is 17.3. The minimum absolute atomic E-state index is 0. The molecule has 0 amide bonds. The summed E-state index contributed by atoms with van der Waals surface area (Å²) in [6, 6.07) is 16.4. The van der Waals surface area contributed by atoms with E-state index in [4.69, 9.17) is 9.47 Å². The van der Waals surface area contributed by atoms with Gasteiger partial charge in [0.25, 0.3) is 0 Å². The van der Waals surface area contributed by atoms with Crippen LogP contribution in [0.4, 0.5) is 0 Å². The third-order valence-electron chi connectivity index (χ3n) is 6.59. The van der Waals surface area contributed by atoms with E-state index in [1.807, 2.05) is 36.7 Å². The summed E-state index contributed by atoms with van der Waals surface area (Å²) in [6.07, 6.45) is 5.98. The van der Waals surface area contributed by atoms with E-state index in [1.165, 1.54) is 5.56 Å². The Bertz CT molecular complexity index is 1340. The Morgan fingerprint density at radius 3 is 2.84 bits per heavy atom. The number of aromatic amines is 1. The smallest absolute Gasteiger partial charge is 0.231 e. The zero-order valence-electron chi connectivity index (χ0n) is 17.3. The van der Waals surface area contributed by atoms with Crippen LogP contribution >= 0.6 is 0 Å². The molecule has 1 N–H and O–H groups in total. The number of pyridine rings is 1. The van der Waals surface area contributed by atoms with E-state index in [1.54, 1.807) is 0 Å². The second-order valence-corrected chi connectivity index (χ2v) is 8.54. The quantitative estimate of drug-likeness (QED) is 0.479. The van der Waals surface area contributed by atoms with Gasteiger partial charge in [-0.3, -0.25) is 4.79 Å². The summed E-state index contributed by atoms with van der Waals surface area (Å²) in [5.74, 6) is 1.76. The summed E-state index contributed by atoms with van der Waals surface area (Å²) in [4.78, 5) is 21.0. The summed E-state index contributed by atoms with van der Waals surface area (Å²) in [5.41, 5.74) is 5.92. The molecule has 1 saturated carbocycles.